The van der Waals surface area contributed by atoms with Crippen LogP contribution in [0.3, 0.4) is 0 Å². The molecule has 7 nitrogen and oxygen atoms in total. The maximum absolute atomic E-state index is 14.1. The number of esters is 1. The Morgan fingerprint density at radius 3 is 2.75 bits per heavy atom. The number of aromatic nitrogens is 2. The van der Waals surface area contributed by atoms with Crippen LogP contribution in [0.1, 0.15) is 23.0 Å². The number of carbonyl (C=O) groups is 1. The molecule has 24 heavy (non-hydrogen) atoms. The molecule has 2 aromatic rings. The third kappa shape index (κ3) is 3.43. The fraction of sp³-hybridized carbons (Fsp3) is 0.312. The van der Waals surface area contributed by atoms with Crippen LogP contribution in [-0.2, 0) is 9.47 Å². The first-order chi connectivity index (χ1) is 11.5. The predicted molar refractivity (Wildman–Crippen MR) is 81.5 cm³/mol. The van der Waals surface area contributed by atoms with Crippen LogP contribution in [0.15, 0.2) is 52.2 Å². The summed E-state index contributed by atoms with van der Waals surface area (Å²) in [6.07, 6.45) is -2.04. The lowest BCUT2D eigenvalue weighted by molar-refractivity contribution is -0.0439. The molecule has 1 fully saturated rings. The minimum absolute atomic E-state index is 0.0699. The van der Waals surface area contributed by atoms with E-state index in [0.717, 1.165) is 10.6 Å². The van der Waals surface area contributed by atoms with E-state index in [4.69, 9.17) is 9.47 Å². The topological polar surface area (TPSA) is 90.4 Å². The molecule has 0 radical (unpaired) electrons. The number of hydrogen-bond donors (Lipinski definition) is 1. The second-order valence-electron chi connectivity index (χ2n) is 5.36. The van der Waals surface area contributed by atoms with Crippen molar-refractivity contribution in [2.45, 2.75) is 24.9 Å². The highest BCUT2D eigenvalue weighted by atomic mass is 19.1. The molecule has 0 bridgehead atoms. The maximum atomic E-state index is 14.1. The summed E-state index contributed by atoms with van der Waals surface area (Å²) < 4.78 is 25.7. The Hall–Kier alpha value is -2.74. The van der Waals surface area contributed by atoms with Crippen molar-refractivity contribution in [2.24, 2.45) is 0 Å². The molecule has 0 unspecified atom stereocenters. The molecule has 0 aliphatic carbocycles. The molecule has 1 aromatic carbocycles. The van der Waals surface area contributed by atoms with Gasteiger partial charge in [-0.25, -0.2) is 14.0 Å². The zero-order chi connectivity index (χ0) is 17.1. The largest absolute Gasteiger partial charge is 0.459 e. The number of carbonyl (C=O) groups excluding carboxylic acids is 1. The minimum atomic E-state index is -1.39. The van der Waals surface area contributed by atoms with Gasteiger partial charge in [0.2, 0.25) is 0 Å². The van der Waals surface area contributed by atoms with Gasteiger partial charge in [0.1, 0.15) is 25.1 Å². The van der Waals surface area contributed by atoms with Crippen molar-refractivity contribution >= 4 is 5.97 Å². The number of nitrogens with one attached hydrogen (secondary N) is 1. The fourth-order valence-corrected chi connectivity index (χ4v) is 2.48. The molecule has 1 saturated heterocycles. The van der Waals surface area contributed by atoms with Gasteiger partial charge in [-0.1, -0.05) is 18.2 Å². The van der Waals surface area contributed by atoms with Gasteiger partial charge in [-0.2, -0.15) is 0 Å². The Morgan fingerprint density at radius 1 is 1.29 bits per heavy atom. The number of alkyl halides is 1. The summed E-state index contributed by atoms with van der Waals surface area (Å²) in [6, 6.07) is 9.49. The average Bonchev–Trinajstić information content (AvgIpc) is 2.94. The second kappa shape index (κ2) is 6.79. The Morgan fingerprint density at radius 2 is 2.04 bits per heavy atom. The van der Waals surface area contributed by atoms with Crippen molar-refractivity contribution in [2.75, 3.05) is 6.61 Å². The molecule has 1 aliphatic rings. The normalized spacial score (nSPS) is 23.1. The van der Waals surface area contributed by atoms with Crippen LogP contribution in [0, 0.1) is 0 Å². The van der Waals surface area contributed by atoms with Gasteiger partial charge in [-0.15, -0.1) is 0 Å². The highest BCUT2D eigenvalue weighted by molar-refractivity contribution is 5.89. The Labute approximate surface area is 135 Å². The minimum Gasteiger partial charge on any atom is -0.459 e. The van der Waals surface area contributed by atoms with Crippen molar-refractivity contribution in [3.05, 3.63) is 69.0 Å². The number of nitrogens with zero attached hydrogens (tertiary/aromatic N) is 1. The molecule has 1 aromatic heterocycles. The number of hydrogen-bond acceptors (Lipinski definition) is 5. The Bertz CT molecular complexity index is 832. The van der Waals surface area contributed by atoms with E-state index in [9.17, 15) is 18.8 Å². The number of benzene rings is 1. The van der Waals surface area contributed by atoms with Gasteiger partial charge >= 0.3 is 11.7 Å². The van der Waals surface area contributed by atoms with E-state index in [1.165, 1.54) is 6.20 Å². The monoisotopic (exact) mass is 334 g/mol. The second-order valence-corrected chi connectivity index (χ2v) is 5.36. The van der Waals surface area contributed by atoms with E-state index in [1.54, 1.807) is 30.3 Å². The first kappa shape index (κ1) is 16.1. The van der Waals surface area contributed by atoms with E-state index >= 15 is 0 Å². The summed E-state index contributed by atoms with van der Waals surface area (Å²) >= 11 is 0. The highest BCUT2D eigenvalue weighted by Crippen LogP contribution is 2.30. The Balaban J connectivity index is 1.63. The van der Waals surface area contributed by atoms with Crippen LogP contribution in [0.2, 0.25) is 0 Å². The van der Waals surface area contributed by atoms with Gasteiger partial charge < -0.3 is 9.47 Å². The first-order valence-electron chi connectivity index (χ1n) is 7.38. The van der Waals surface area contributed by atoms with E-state index < -0.39 is 35.7 Å². The third-order valence-electron chi connectivity index (χ3n) is 3.71. The van der Waals surface area contributed by atoms with Crippen LogP contribution < -0.4 is 11.2 Å². The summed E-state index contributed by atoms with van der Waals surface area (Å²) in [4.78, 5) is 36.7. The van der Waals surface area contributed by atoms with Crippen molar-refractivity contribution < 1.29 is 18.7 Å². The summed E-state index contributed by atoms with van der Waals surface area (Å²) in [5.74, 6) is -0.573. The molecule has 3 atom stereocenters. The zero-order valence-corrected chi connectivity index (χ0v) is 12.6. The average molecular weight is 334 g/mol. The van der Waals surface area contributed by atoms with E-state index in [2.05, 4.69) is 4.98 Å². The van der Waals surface area contributed by atoms with Gasteiger partial charge in [-0.05, 0) is 12.1 Å². The molecule has 1 N–H and O–H groups in total. The number of H-pyrrole nitrogens is 1. The highest BCUT2D eigenvalue weighted by Gasteiger charge is 2.37. The van der Waals surface area contributed by atoms with Crippen molar-refractivity contribution in [3.8, 4) is 0 Å². The molecular weight excluding hydrogens is 319 g/mol. The molecule has 126 valence electrons. The quantitative estimate of drug-likeness (QED) is 0.843. The molecule has 8 heteroatoms. The van der Waals surface area contributed by atoms with Gasteiger partial charge in [0.25, 0.3) is 5.56 Å². The van der Waals surface area contributed by atoms with E-state index in [-0.39, 0.29) is 13.0 Å². The molecule has 0 spiro atoms. The van der Waals surface area contributed by atoms with Crippen LogP contribution in [0.5, 0.6) is 0 Å². The molecule has 2 heterocycles. The van der Waals surface area contributed by atoms with Crippen LogP contribution >= 0.6 is 0 Å². The summed E-state index contributed by atoms with van der Waals surface area (Å²) in [5, 5.41) is 0. The molecular formula is C16H15FN2O5. The number of ether oxygens (including phenoxy) is 2. The van der Waals surface area contributed by atoms with E-state index in [0.29, 0.717) is 5.56 Å². The lowest BCUT2D eigenvalue weighted by Crippen LogP contribution is -2.32. The zero-order valence-electron chi connectivity index (χ0n) is 12.6. The maximum Gasteiger partial charge on any atom is 0.338 e. The molecule has 1 aliphatic heterocycles. The molecule has 0 amide bonds. The number of rotatable bonds is 4. The lowest BCUT2D eigenvalue weighted by atomic mass is 10.2. The summed E-state index contributed by atoms with van der Waals surface area (Å²) in [5.41, 5.74) is -0.861. The third-order valence-corrected chi connectivity index (χ3v) is 3.71. The molecule has 0 saturated carbocycles. The van der Waals surface area contributed by atoms with Gasteiger partial charge in [0, 0.05) is 18.7 Å². The van der Waals surface area contributed by atoms with Crippen molar-refractivity contribution in [1.29, 1.82) is 0 Å². The van der Waals surface area contributed by atoms with Crippen LogP contribution in [0.25, 0.3) is 0 Å². The smallest absolute Gasteiger partial charge is 0.338 e. The van der Waals surface area contributed by atoms with Crippen molar-refractivity contribution in [1.82, 2.24) is 9.55 Å². The first-order valence-corrected chi connectivity index (χ1v) is 7.38. The Kier molecular flexibility index (Phi) is 4.57. The molecule has 3 rings (SSSR count). The number of halogens is 1. The van der Waals surface area contributed by atoms with Crippen LogP contribution in [-0.4, -0.2) is 34.4 Å². The van der Waals surface area contributed by atoms with Gasteiger partial charge in [-0.3, -0.25) is 14.3 Å². The fourth-order valence-electron chi connectivity index (χ4n) is 2.48. The van der Waals surface area contributed by atoms with Gasteiger partial charge in [0.15, 0.2) is 0 Å². The van der Waals surface area contributed by atoms with Crippen LogP contribution in [0.4, 0.5) is 4.39 Å². The number of aromatic amines is 1. The summed E-state index contributed by atoms with van der Waals surface area (Å²) in [6.45, 7) is -0.260. The van der Waals surface area contributed by atoms with E-state index in [1.807, 2.05) is 0 Å². The van der Waals surface area contributed by atoms with Crippen molar-refractivity contribution in [3.63, 3.8) is 0 Å². The van der Waals surface area contributed by atoms with Gasteiger partial charge in [0.05, 0.1) is 5.56 Å². The SMILES string of the molecule is O=C(OC[C@H]1O[C@@H](n2ccc(=O)[nH]c2=O)C[C@@H]1F)c1ccccc1. The lowest BCUT2D eigenvalue weighted by Gasteiger charge is -2.15. The predicted octanol–water partition coefficient (Wildman–Crippen LogP) is 1.02. The summed E-state index contributed by atoms with van der Waals surface area (Å²) in [7, 11) is 0. The standard InChI is InChI=1S/C16H15FN2O5/c17-11-8-14(19-7-6-13(20)18-16(19)22)24-12(11)9-23-15(21)10-4-2-1-3-5-10/h1-7,11-12,14H,8-9H2,(H,18,20,22)/t11-,12+,14+/m0/s1.